The monoisotopic (exact) mass is 282 g/mol. The highest BCUT2D eigenvalue weighted by Crippen LogP contribution is 2.37. The van der Waals surface area contributed by atoms with Crippen LogP contribution in [0.5, 0.6) is 5.75 Å². The minimum Gasteiger partial charge on any atom is -0.468 e. The fourth-order valence-corrected chi connectivity index (χ4v) is 2.25. The summed E-state index contributed by atoms with van der Waals surface area (Å²) in [6.07, 6.45) is 0. The molecule has 0 atom stereocenters. The Morgan fingerprint density at radius 1 is 1.05 bits per heavy atom. The number of rotatable bonds is 6. The summed E-state index contributed by atoms with van der Waals surface area (Å²) in [7, 11) is -0.0610. The minimum absolute atomic E-state index is 0.245. The van der Waals surface area contributed by atoms with E-state index in [2.05, 4.69) is 33.9 Å². The molecule has 0 saturated heterocycles. The van der Waals surface area contributed by atoms with Crippen LogP contribution in [0.25, 0.3) is 0 Å². The van der Waals surface area contributed by atoms with Gasteiger partial charge in [-0.15, -0.1) is 0 Å². The van der Waals surface area contributed by atoms with Gasteiger partial charge in [-0.25, -0.2) is 0 Å². The van der Waals surface area contributed by atoms with Gasteiger partial charge in [0.15, 0.2) is 15.1 Å². The lowest BCUT2D eigenvalue weighted by molar-refractivity contribution is 0.0511. The highest BCUT2D eigenvalue weighted by atomic mass is 28.4. The molecule has 1 aromatic rings. The summed E-state index contributed by atoms with van der Waals surface area (Å²) in [5.41, 5.74) is 1.18. The van der Waals surface area contributed by atoms with E-state index in [9.17, 15) is 0 Å². The van der Waals surface area contributed by atoms with Crippen molar-refractivity contribution in [3.8, 4) is 5.75 Å². The van der Waals surface area contributed by atoms with Gasteiger partial charge in [-0.1, -0.05) is 32.9 Å². The zero-order valence-electron chi connectivity index (χ0n) is 12.9. The van der Waals surface area contributed by atoms with Gasteiger partial charge in [-0.3, -0.25) is 0 Å². The van der Waals surface area contributed by atoms with Gasteiger partial charge in [-0.2, -0.15) is 0 Å². The summed E-state index contributed by atoms with van der Waals surface area (Å²) in [5, 5.41) is 0.245. The number of ether oxygens (including phenoxy) is 2. The first-order valence-corrected chi connectivity index (χ1v) is 9.52. The van der Waals surface area contributed by atoms with E-state index in [4.69, 9.17) is 13.9 Å². The van der Waals surface area contributed by atoms with E-state index in [1.807, 2.05) is 24.3 Å². The Labute approximate surface area is 118 Å². The lowest BCUT2D eigenvalue weighted by Gasteiger charge is -2.36. The SMILES string of the molecule is COCOc1ccc(CO[Si](C)(C)C(C)(C)C)cc1. The van der Waals surface area contributed by atoms with Crippen LogP contribution in [0.1, 0.15) is 26.3 Å². The molecule has 0 unspecified atom stereocenters. The Kier molecular flexibility index (Phi) is 5.59. The summed E-state index contributed by atoms with van der Waals surface area (Å²) in [6, 6.07) is 7.98. The first-order chi connectivity index (χ1) is 8.76. The van der Waals surface area contributed by atoms with Crippen LogP contribution < -0.4 is 4.74 Å². The van der Waals surface area contributed by atoms with Crippen molar-refractivity contribution in [2.75, 3.05) is 13.9 Å². The first-order valence-electron chi connectivity index (χ1n) is 6.61. The van der Waals surface area contributed by atoms with Crippen molar-refractivity contribution in [3.05, 3.63) is 29.8 Å². The number of hydrogen-bond donors (Lipinski definition) is 0. The van der Waals surface area contributed by atoms with E-state index in [1.54, 1.807) is 7.11 Å². The highest BCUT2D eigenvalue weighted by molar-refractivity contribution is 6.74. The van der Waals surface area contributed by atoms with Crippen molar-refractivity contribution in [2.45, 2.75) is 45.5 Å². The molecule has 0 fully saturated rings. The van der Waals surface area contributed by atoms with Crippen molar-refractivity contribution < 1.29 is 13.9 Å². The van der Waals surface area contributed by atoms with Crippen LogP contribution in [-0.4, -0.2) is 22.2 Å². The van der Waals surface area contributed by atoms with Gasteiger partial charge in [-0.05, 0) is 35.8 Å². The second-order valence-electron chi connectivity index (χ2n) is 6.24. The van der Waals surface area contributed by atoms with Crippen molar-refractivity contribution in [1.29, 1.82) is 0 Å². The minimum atomic E-state index is -1.67. The molecule has 0 amide bonds. The Morgan fingerprint density at radius 2 is 1.63 bits per heavy atom. The summed E-state index contributed by atoms with van der Waals surface area (Å²) < 4.78 is 16.4. The van der Waals surface area contributed by atoms with E-state index in [0.29, 0.717) is 6.61 Å². The molecule has 0 spiro atoms. The molecule has 0 saturated carbocycles. The molecule has 0 aromatic heterocycles. The van der Waals surface area contributed by atoms with Crippen molar-refractivity contribution in [3.63, 3.8) is 0 Å². The second-order valence-corrected chi connectivity index (χ2v) is 11.1. The molecule has 1 rings (SSSR count). The van der Waals surface area contributed by atoms with Crippen LogP contribution >= 0.6 is 0 Å². The number of benzene rings is 1. The molecule has 0 aliphatic carbocycles. The molecule has 0 heterocycles. The van der Waals surface area contributed by atoms with Crippen LogP contribution in [0.2, 0.25) is 18.1 Å². The van der Waals surface area contributed by atoms with Gasteiger partial charge < -0.3 is 13.9 Å². The Bertz CT molecular complexity index is 379. The standard InChI is InChI=1S/C15H26O3Si/c1-15(2,3)19(5,6)18-11-13-7-9-14(10-8-13)17-12-16-4/h7-10H,11-12H2,1-6H3. The van der Waals surface area contributed by atoms with E-state index in [0.717, 1.165) is 5.75 Å². The molecule has 1 aromatic carbocycles. The maximum absolute atomic E-state index is 6.17. The maximum Gasteiger partial charge on any atom is 0.192 e. The zero-order chi connectivity index (χ0) is 14.5. The number of methoxy groups -OCH3 is 1. The molecule has 0 aliphatic heterocycles. The number of hydrogen-bond acceptors (Lipinski definition) is 3. The van der Waals surface area contributed by atoms with E-state index >= 15 is 0 Å². The fraction of sp³-hybridized carbons (Fsp3) is 0.600. The summed E-state index contributed by atoms with van der Waals surface area (Å²) in [4.78, 5) is 0. The van der Waals surface area contributed by atoms with Gasteiger partial charge in [0.05, 0.1) is 6.61 Å². The van der Waals surface area contributed by atoms with Crippen LogP contribution in [0.3, 0.4) is 0 Å². The van der Waals surface area contributed by atoms with Crippen LogP contribution in [-0.2, 0) is 15.8 Å². The van der Waals surface area contributed by atoms with Gasteiger partial charge in [0, 0.05) is 7.11 Å². The molecule has 3 nitrogen and oxygen atoms in total. The largest absolute Gasteiger partial charge is 0.468 e. The van der Waals surface area contributed by atoms with E-state index in [1.165, 1.54) is 5.56 Å². The fourth-order valence-electron chi connectivity index (χ4n) is 1.29. The van der Waals surface area contributed by atoms with Gasteiger partial charge in [0.2, 0.25) is 0 Å². The summed E-state index contributed by atoms with van der Waals surface area (Å²) >= 11 is 0. The highest BCUT2D eigenvalue weighted by Gasteiger charge is 2.36. The third-order valence-electron chi connectivity index (χ3n) is 3.67. The van der Waals surface area contributed by atoms with Gasteiger partial charge in [0.1, 0.15) is 5.75 Å². The lowest BCUT2D eigenvalue weighted by atomic mass is 10.2. The molecule has 0 N–H and O–H groups in total. The normalized spacial score (nSPS) is 12.5. The molecule has 0 aliphatic rings. The lowest BCUT2D eigenvalue weighted by Crippen LogP contribution is -2.40. The van der Waals surface area contributed by atoms with E-state index < -0.39 is 8.32 Å². The molecule has 108 valence electrons. The molecule has 19 heavy (non-hydrogen) atoms. The second kappa shape index (κ2) is 6.55. The van der Waals surface area contributed by atoms with Gasteiger partial charge >= 0.3 is 0 Å². The Hall–Kier alpha value is -0.843. The van der Waals surface area contributed by atoms with Crippen LogP contribution in [0.15, 0.2) is 24.3 Å². The molecule has 4 heteroatoms. The maximum atomic E-state index is 6.17. The smallest absolute Gasteiger partial charge is 0.192 e. The molecule has 0 bridgehead atoms. The average Bonchev–Trinajstić information content (AvgIpc) is 2.34. The third kappa shape index (κ3) is 4.97. The zero-order valence-corrected chi connectivity index (χ0v) is 13.9. The topological polar surface area (TPSA) is 27.7 Å². The summed E-state index contributed by atoms with van der Waals surface area (Å²) in [5.74, 6) is 0.818. The third-order valence-corrected chi connectivity index (χ3v) is 8.15. The molecule has 0 radical (unpaired) electrons. The van der Waals surface area contributed by atoms with Gasteiger partial charge in [0.25, 0.3) is 0 Å². The predicted molar refractivity (Wildman–Crippen MR) is 80.9 cm³/mol. The van der Waals surface area contributed by atoms with Crippen molar-refractivity contribution in [2.24, 2.45) is 0 Å². The average molecular weight is 282 g/mol. The first kappa shape index (κ1) is 16.2. The van der Waals surface area contributed by atoms with E-state index in [-0.39, 0.29) is 11.8 Å². The quantitative estimate of drug-likeness (QED) is 0.578. The Morgan fingerprint density at radius 3 is 2.11 bits per heavy atom. The molecular formula is C15H26O3Si. The van der Waals surface area contributed by atoms with Crippen molar-refractivity contribution >= 4 is 8.32 Å². The molecular weight excluding hydrogens is 256 g/mol. The predicted octanol–water partition coefficient (Wildman–Crippen LogP) is 4.19. The van der Waals surface area contributed by atoms with Crippen LogP contribution in [0.4, 0.5) is 0 Å². The van der Waals surface area contributed by atoms with Crippen LogP contribution in [0, 0.1) is 0 Å². The van der Waals surface area contributed by atoms with Crippen molar-refractivity contribution in [1.82, 2.24) is 0 Å². The Balaban J connectivity index is 2.55. The summed E-state index contributed by atoms with van der Waals surface area (Å²) in [6.45, 7) is 12.2.